The monoisotopic (exact) mass is 609 g/mol. The first-order chi connectivity index (χ1) is 20.4. The van der Waals surface area contributed by atoms with Gasteiger partial charge in [-0.15, -0.1) is 21.5 Å². The van der Waals surface area contributed by atoms with E-state index >= 15 is 0 Å². The highest BCUT2D eigenvalue weighted by Gasteiger charge is 2.30. The van der Waals surface area contributed by atoms with Gasteiger partial charge in [0.1, 0.15) is 10.8 Å². The molecule has 0 unspecified atom stereocenters. The number of carbonyl (C=O) groups is 3. The van der Waals surface area contributed by atoms with Gasteiger partial charge in [0.15, 0.2) is 16.7 Å². The number of esters is 1. The van der Waals surface area contributed by atoms with Crippen molar-refractivity contribution in [3.8, 4) is 11.4 Å². The molecule has 0 bridgehead atoms. The molecule has 42 heavy (non-hydrogen) atoms. The third-order valence-corrected chi connectivity index (χ3v) is 8.80. The summed E-state index contributed by atoms with van der Waals surface area (Å²) in [5.41, 5.74) is 2.18. The van der Waals surface area contributed by atoms with Gasteiger partial charge in [0.2, 0.25) is 5.91 Å². The lowest BCUT2D eigenvalue weighted by molar-refractivity contribution is -0.115. The number of aryl methyl sites for hydroxylation is 1. The van der Waals surface area contributed by atoms with E-state index in [0.29, 0.717) is 33.9 Å². The minimum atomic E-state index is -0.590. The fourth-order valence-corrected chi connectivity index (χ4v) is 6.77. The Labute approximate surface area is 251 Å². The zero-order valence-corrected chi connectivity index (χ0v) is 25.1. The number of anilines is 1. The van der Waals surface area contributed by atoms with Gasteiger partial charge in [-0.3, -0.25) is 14.2 Å². The van der Waals surface area contributed by atoms with E-state index in [2.05, 4.69) is 20.8 Å². The minimum Gasteiger partial charge on any atom is -0.494 e. The van der Waals surface area contributed by atoms with Gasteiger partial charge >= 0.3 is 5.97 Å². The molecule has 4 aromatic rings. The van der Waals surface area contributed by atoms with Gasteiger partial charge < -0.3 is 24.5 Å². The summed E-state index contributed by atoms with van der Waals surface area (Å²) in [6.45, 7) is 6.31. The number of hydrogen-bond acceptors (Lipinski definition) is 10. The highest BCUT2D eigenvalue weighted by molar-refractivity contribution is 8.00. The Hall–Kier alpha value is -4.10. The van der Waals surface area contributed by atoms with Crippen molar-refractivity contribution in [3.63, 3.8) is 0 Å². The van der Waals surface area contributed by atoms with Crippen molar-refractivity contribution in [2.75, 3.05) is 18.5 Å². The van der Waals surface area contributed by atoms with Crippen LogP contribution in [0.25, 0.3) is 5.69 Å². The number of nitrogens with zero attached hydrogens (tertiary/aromatic N) is 3. The highest BCUT2D eigenvalue weighted by atomic mass is 32.2. The van der Waals surface area contributed by atoms with Crippen LogP contribution in [-0.4, -0.2) is 51.0 Å². The molecule has 1 atom stereocenters. The number of benzene rings is 1. The Balaban J connectivity index is 1.37. The molecule has 1 aliphatic carbocycles. The lowest BCUT2D eigenvalue weighted by Gasteiger charge is -2.15. The first-order valence-corrected chi connectivity index (χ1v) is 15.4. The molecule has 0 saturated carbocycles. The van der Waals surface area contributed by atoms with Crippen LogP contribution in [0.4, 0.5) is 5.00 Å². The smallest absolute Gasteiger partial charge is 0.341 e. The number of fused-ring (bicyclic) bond motifs is 1. The van der Waals surface area contributed by atoms with E-state index < -0.39 is 11.2 Å². The van der Waals surface area contributed by atoms with E-state index in [1.165, 1.54) is 29.4 Å². The zero-order chi connectivity index (χ0) is 29.6. The average Bonchev–Trinajstić information content (AvgIpc) is 3.78. The summed E-state index contributed by atoms with van der Waals surface area (Å²) in [7, 11) is 0. The van der Waals surface area contributed by atoms with Crippen LogP contribution in [0.3, 0.4) is 0 Å². The third kappa shape index (κ3) is 6.36. The molecule has 220 valence electrons. The lowest BCUT2D eigenvalue weighted by atomic mass is 10.1. The average molecular weight is 610 g/mol. The third-order valence-electron chi connectivity index (χ3n) is 6.55. The van der Waals surface area contributed by atoms with E-state index in [-0.39, 0.29) is 30.7 Å². The molecular formula is C29H31N5O6S2. The van der Waals surface area contributed by atoms with Gasteiger partial charge in [0.25, 0.3) is 5.91 Å². The summed E-state index contributed by atoms with van der Waals surface area (Å²) < 4.78 is 17.8. The molecule has 0 radical (unpaired) electrons. The molecule has 0 spiro atoms. The second-order valence-electron chi connectivity index (χ2n) is 9.35. The maximum atomic E-state index is 13.4. The Morgan fingerprint density at radius 2 is 1.93 bits per heavy atom. The Morgan fingerprint density at radius 1 is 1.12 bits per heavy atom. The minimum absolute atomic E-state index is 0.0739. The van der Waals surface area contributed by atoms with E-state index in [0.717, 1.165) is 35.4 Å². The number of carbonyl (C=O) groups excluding carboxylic acids is 3. The number of ether oxygens (including phenoxy) is 2. The lowest BCUT2D eigenvalue weighted by Crippen LogP contribution is -2.25. The molecule has 3 heterocycles. The van der Waals surface area contributed by atoms with Crippen LogP contribution >= 0.6 is 23.1 Å². The maximum Gasteiger partial charge on any atom is 0.341 e. The fourth-order valence-electron chi connectivity index (χ4n) is 4.60. The summed E-state index contributed by atoms with van der Waals surface area (Å²) >= 11 is 2.66. The molecule has 2 amide bonds. The van der Waals surface area contributed by atoms with Crippen molar-refractivity contribution >= 4 is 45.9 Å². The van der Waals surface area contributed by atoms with Crippen LogP contribution in [0.1, 0.15) is 64.4 Å². The van der Waals surface area contributed by atoms with Gasteiger partial charge in [0, 0.05) is 10.6 Å². The summed E-state index contributed by atoms with van der Waals surface area (Å²) in [6, 6.07) is 10.6. The normalized spacial score (nSPS) is 12.9. The number of rotatable bonds is 12. The Kier molecular flexibility index (Phi) is 9.28. The van der Waals surface area contributed by atoms with E-state index in [1.54, 1.807) is 30.5 Å². The van der Waals surface area contributed by atoms with E-state index in [1.807, 2.05) is 31.2 Å². The summed E-state index contributed by atoms with van der Waals surface area (Å²) in [6.07, 6.45) is 4.10. The first kappa shape index (κ1) is 29.4. The maximum absolute atomic E-state index is 13.4. The van der Waals surface area contributed by atoms with Crippen LogP contribution in [0.5, 0.6) is 5.75 Å². The summed E-state index contributed by atoms with van der Waals surface area (Å²) in [4.78, 5) is 39.7. The molecule has 11 nitrogen and oxygen atoms in total. The van der Waals surface area contributed by atoms with Crippen LogP contribution in [-0.2, 0) is 28.9 Å². The number of thiophene rings is 1. The summed E-state index contributed by atoms with van der Waals surface area (Å²) in [5, 5.41) is 14.8. The topological polar surface area (TPSA) is 138 Å². The first-order valence-electron chi connectivity index (χ1n) is 13.7. The molecule has 0 aliphatic heterocycles. The molecular weight excluding hydrogens is 578 g/mol. The second kappa shape index (κ2) is 13.3. The van der Waals surface area contributed by atoms with Gasteiger partial charge in [-0.1, -0.05) is 11.8 Å². The number of aromatic nitrogens is 3. The molecule has 5 rings (SSSR count). The second-order valence-corrected chi connectivity index (χ2v) is 11.8. The standard InChI is InChI=1S/C29H31N5O6S2/c1-4-38-19-13-11-18(12-14-19)34-23(16-30-26(36)21-9-7-15-40-21)32-33-29(34)41-17(3)25(35)31-27-24(28(37)39-5-2)20-8-6-10-22(20)42-27/h7,9,11-15,17H,4-6,8,10,16H2,1-3H3,(H,30,36)(H,31,35)/t17-/m0/s1. The number of thioether (sulfide) groups is 1. The van der Waals surface area contributed by atoms with Crippen molar-refractivity contribution in [2.24, 2.45) is 0 Å². The Bertz CT molecular complexity index is 1560. The van der Waals surface area contributed by atoms with Crippen molar-refractivity contribution in [2.45, 2.75) is 57.0 Å². The molecule has 13 heteroatoms. The number of hydrogen-bond donors (Lipinski definition) is 2. The molecule has 1 aliphatic rings. The quantitative estimate of drug-likeness (QED) is 0.167. The predicted octanol–water partition coefficient (Wildman–Crippen LogP) is 5.04. The summed E-state index contributed by atoms with van der Waals surface area (Å²) in [5.74, 6) is 0.285. The largest absolute Gasteiger partial charge is 0.494 e. The predicted molar refractivity (Wildman–Crippen MR) is 159 cm³/mol. The molecule has 0 saturated heterocycles. The highest BCUT2D eigenvalue weighted by Crippen LogP contribution is 2.40. The van der Waals surface area contributed by atoms with Crippen molar-refractivity contribution in [1.29, 1.82) is 0 Å². The van der Waals surface area contributed by atoms with Gasteiger partial charge in [-0.25, -0.2) is 4.79 Å². The van der Waals surface area contributed by atoms with Crippen molar-refractivity contribution in [3.05, 3.63) is 70.3 Å². The van der Waals surface area contributed by atoms with Crippen molar-refractivity contribution < 1.29 is 28.3 Å². The van der Waals surface area contributed by atoms with Gasteiger partial charge in [-0.2, -0.15) is 0 Å². The fraction of sp³-hybridized carbons (Fsp3) is 0.345. The van der Waals surface area contributed by atoms with Gasteiger partial charge in [-0.05, 0) is 82.0 Å². The zero-order valence-electron chi connectivity index (χ0n) is 23.5. The van der Waals surface area contributed by atoms with Crippen LogP contribution in [0.2, 0.25) is 0 Å². The van der Waals surface area contributed by atoms with Crippen molar-refractivity contribution in [1.82, 2.24) is 20.1 Å². The Morgan fingerprint density at radius 3 is 2.64 bits per heavy atom. The SMILES string of the molecule is CCOC(=O)c1c(NC(=O)[C@H](C)Sc2nnc(CNC(=O)c3ccco3)n2-c2ccc(OCC)cc2)sc2c1CCC2. The van der Waals surface area contributed by atoms with Crippen LogP contribution in [0, 0.1) is 0 Å². The molecule has 3 aromatic heterocycles. The van der Waals surface area contributed by atoms with E-state index in [4.69, 9.17) is 13.9 Å². The number of nitrogens with one attached hydrogen (secondary N) is 2. The molecule has 1 aromatic carbocycles. The van der Waals surface area contributed by atoms with Crippen LogP contribution in [0.15, 0.2) is 52.2 Å². The van der Waals surface area contributed by atoms with Crippen LogP contribution < -0.4 is 15.4 Å². The van der Waals surface area contributed by atoms with Gasteiger partial charge in [0.05, 0.1) is 36.8 Å². The number of amides is 2. The number of furan rings is 1. The molecule has 2 N–H and O–H groups in total. The molecule has 0 fully saturated rings. The van der Waals surface area contributed by atoms with E-state index in [9.17, 15) is 14.4 Å².